The molecule has 0 rings (SSSR count). The zero-order chi connectivity index (χ0) is 15.4. The highest BCUT2D eigenvalue weighted by Crippen LogP contribution is 2.39. The van der Waals surface area contributed by atoms with Crippen LogP contribution in [-0.2, 0) is 4.79 Å². The number of amides is 1. The molecule has 0 spiro atoms. The summed E-state index contributed by atoms with van der Waals surface area (Å²) >= 11 is 4.49. The Morgan fingerprint density at radius 1 is 1.21 bits per heavy atom. The third-order valence-corrected chi connectivity index (χ3v) is 2.37. The molecule has 0 bridgehead atoms. The van der Waals surface area contributed by atoms with Gasteiger partial charge in [-0.2, -0.15) is 26.3 Å². The first kappa shape index (κ1) is 17.9. The highest BCUT2D eigenvalue weighted by Gasteiger charge is 2.61. The maximum absolute atomic E-state index is 12.3. The Kier molecular flexibility index (Phi) is 6.04. The summed E-state index contributed by atoms with van der Waals surface area (Å²) in [7, 11) is 0. The lowest BCUT2D eigenvalue weighted by atomic mass is 10.1. The standard InChI is InChI=1S/C9H12F6N2OS/c1-2-4(3-5(16)19)17-7(18)6(8(10,11)12)9(13,14)15/h4,6H,2-3H2,1H3,(H2,16,19)(H,17,18). The highest BCUT2D eigenvalue weighted by atomic mass is 32.1. The van der Waals surface area contributed by atoms with E-state index in [4.69, 9.17) is 5.73 Å². The summed E-state index contributed by atoms with van der Waals surface area (Å²) in [6.07, 6.45) is -11.5. The van der Waals surface area contributed by atoms with E-state index in [0.717, 1.165) is 0 Å². The molecule has 0 aromatic heterocycles. The third kappa shape index (κ3) is 6.08. The van der Waals surface area contributed by atoms with Gasteiger partial charge in [-0.3, -0.25) is 4.79 Å². The lowest BCUT2D eigenvalue weighted by Gasteiger charge is -2.24. The average Bonchev–Trinajstić information content (AvgIpc) is 2.10. The van der Waals surface area contributed by atoms with Gasteiger partial charge in [0.15, 0.2) is 0 Å². The molecule has 0 fully saturated rings. The SMILES string of the molecule is CCC(CC(N)=S)NC(=O)C(C(F)(F)F)C(F)(F)F. The maximum atomic E-state index is 12.3. The van der Waals surface area contributed by atoms with Crippen LogP contribution in [0.3, 0.4) is 0 Å². The second kappa shape index (κ2) is 6.40. The highest BCUT2D eigenvalue weighted by molar-refractivity contribution is 7.80. The molecule has 1 amide bonds. The van der Waals surface area contributed by atoms with Crippen LogP contribution >= 0.6 is 12.2 Å². The largest absolute Gasteiger partial charge is 0.409 e. The van der Waals surface area contributed by atoms with Crippen molar-refractivity contribution in [3.63, 3.8) is 0 Å². The number of hydrogen-bond acceptors (Lipinski definition) is 2. The van der Waals surface area contributed by atoms with Gasteiger partial charge in [0.05, 0.1) is 4.99 Å². The molecule has 1 atom stereocenters. The van der Waals surface area contributed by atoms with Crippen molar-refractivity contribution in [3.8, 4) is 0 Å². The Balaban J connectivity index is 4.98. The fraction of sp³-hybridized carbons (Fsp3) is 0.778. The van der Waals surface area contributed by atoms with E-state index in [1.807, 2.05) is 0 Å². The van der Waals surface area contributed by atoms with Gasteiger partial charge in [0.1, 0.15) is 0 Å². The Labute approximate surface area is 110 Å². The van der Waals surface area contributed by atoms with Gasteiger partial charge < -0.3 is 11.1 Å². The number of nitrogens with one attached hydrogen (secondary N) is 1. The van der Waals surface area contributed by atoms with E-state index in [0.29, 0.717) is 0 Å². The van der Waals surface area contributed by atoms with Gasteiger partial charge in [-0.15, -0.1) is 0 Å². The monoisotopic (exact) mass is 310 g/mol. The van der Waals surface area contributed by atoms with Gasteiger partial charge in [-0.1, -0.05) is 19.1 Å². The van der Waals surface area contributed by atoms with Gasteiger partial charge in [-0.25, -0.2) is 0 Å². The third-order valence-electron chi connectivity index (χ3n) is 2.20. The molecule has 0 saturated heterocycles. The fourth-order valence-corrected chi connectivity index (χ4v) is 1.51. The van der Waals surface area contributed by atoms with Crippen LogP contribution in [0, 0.1) is 5.92 Å². The first-order valence-electron chi connectivity index (χ1n) is 5.11. The summed E-state index contributed by atoms with van der Waals surface area (Å²) in [5.41, 5.74) is 5.13. The van der Waals surface area contributed by atoms with Crippen LogP contribution in [0.4, 0.5) is 26.3 Å². The topological polar surface area (TPSA) is 55.1 Å². The van der Waals surface area contributed by atoms with Gasteiger partial charge in [0.2, 0.25) is 11.8 Å². The number of carbonyl (C=O) groups excluding carboxylic acids is 1. The molecule has 0 aromatic rings. The van der Waals surface area contributed by atoms with Crippen LogP contribution < -0.4 is 11.1 Å². The number of alkyl halides is 6. The number of carbonyl (C=O) groups is 1. The van der Waals surface area contributed by atoms with E-state index in [-0.39, 0.29) is 17.8 Å². The fourth-order valence-electron chi connectivity index (χ4n) is 1.31. The van der Waals surface area contributed by atoms with Crippen molar-refractivity contribution in [2.45, 2.75) is 38.2 Å². The van der Waals surface area contributed by atoms with Crippen molar-refractivity contribution >= 4 is 23.1 Å². The molecule has 0 aliphatic heterocycles. The number of halogens is 6. The van der Waals surface area contributed by atoms with Gasteiger partial charge in [0.25, 0.3) is 0 Å². The Hall–Kier alpha value is -1.06. The molecule has 0 aromatic carbocycles. The van der Waals surface area contributed by atoms with Crippen LogP contribution in [0.5, 0.6) is 0 Å². The van der Waals surface area contributed by atoms with Gasteiger partial charge in [0, 0.05) is 12.5 Å². The van der Waals surface area contributed by atoms with Crippen LogP contribution in [0.1, 0.15) is 19.8 Å². The predicted molar refractivity (Wildman–Crippen MR) is 59.2 cm³/mol. The molecule has 0 aliphatic carbocycles. The minimum atomic E-state index is -5.70. The van der Waals surface area contributed by atoms with Gasteiger partial charge >= 0.3 is 12.4 Å². The van der Waals surface area contributed by atoms with Gasteiger partial charge in [-0.05, 0) is 6.42 Å². The second-order valence-corrected chi connectivity index (χ2v) is 4.32. The lowest BCUT2D eigenvalue weighted by molar-refractivity contribution is -0.274. The Morgan fingerprint density at radius 3 is 1.89 bits per heavy atom. The molecular formula is C9H12F6N2OS. The van der Waals surface area contributed by atoms with E-state index in [2.05, 4.69) is 12.2 Å². The van der Waals surface area contributed by atoms with Crippen molar-refractivity contribution in [2.24, 2.45) is 11.7 Å². The molecule has 0 aliphatic rings. The minimum Gasteiger partial charge on any atom is -0.393 e. The summed E-state index contributed by atoms with van der Waals surface area (Å²) in [5.74, 6) is -6.21. The molecule has 1 unspecified atom stereocenters. The molecule has 10 heteroatoms. The molecule has 3 nitrogen and oxygen atoms in total. The number of rotatable bonds is 5. The molecule has 0 radical (unpaired) electrons. The first-order valence-corrected chi connectivity index (χ1v) is 5.52. The maximum Gasteiger partial charge on any atom is 0.409 e. The lowest BCUT2D eigenvalue weighted by Crippen LogP contribution is -2.50. The Morgan fingerprint density at radius 2 is 1.63 bits per heavy atom. The summed E-state index contributed by atoms with van der Waals surface area (Å²) < 4.78 is 73.5. The van der Waals surface area contributed by atoms with E-state index < -0.39 is 30.2 Å². The van der Waals surface area contributed by atoms with Crippen LogP contribution in [0.2, 0.25) is 0 Å². The smallest absolute Gasteiger partial charge is 0.393 e. The molecule has 0 saturated carbocycles. The zero-order valence-corrected chi connectivity index (χ0v) is 10.5. The van der Waals surface area contributed by atoms with E-state index in [9.17, 15) is 31.1 Å². The first-order chi connectivity index (χ1) is 8.39. The van der Waals surface area contributed by atoms with Crippen LogP contribution in [-0.4, -0.2) is 29.3 Å². The van der Waals surface area contributed by atoms with Crippen molar-refractivity contribution in [3.05, 3.63) is 0 Å². The van der Waals surface area contributed by atoms with Crippen molar-refractivity contribution in [2.75, 3.05) is 0 Å². The normalized spacial score (nSPS) is 14.3. The van der Waals surface area contributed by atoms with Crippen molar-refractivity contribution in [1.29, 1.82) is 0 Å². The number of thiocarbonyl (C=S) groups is 1. The molecular weight excluding hydrogens is 298 g/mol. The molecule has 19 heavy (non-hydrogen) atoms. The minimum absolute atomic E-state index is 0.103. The number of nitrogens with two attached hydrogens (primary N) is 1. The Bertz CT molecular complexity index is 327. The summed E-state index contributed by atoms with van der Waals surface area (Å²) in [6.45, 7) is 1.47. The van der Waals surface area contributed by atoms with E-state index in [1.54, 1.807) is 5.32 Å². The second-order valence-electron chi connectivity index (χ2n) is 3.80. The van der Waals surface area contributed by atoms with Crippen LogP contribution in [0.25, 0.3) is 0 Å². The quantitative estimate of drug-likeness (QED) is 0.605. The molecule has 112 valence electrons. The summed E-state index contributed by atoms with van der Waals surface area (Å²) in [4.78, 5) is 11.0. The van der Waals surface area contributed by atoms with Crippen molar-refractivity contribution in [1.82, 2.24) is 5.32 Å². The summed E-state index contributed by atoms with van der Waals surface area (Å²) in [5, 5.41) is 1.66. The van der Waals surface area contributed by atoms with E-state index in [1.165, 1.54) is 6.92 Å². The predicted octanol–water partition coefficient (Wildman–Crippen LogP) is 2.30. The van der Waals surface area contributed by atoms with Crippen LogP contribution in [0.15, 0.2) is 0 Å². The molecule has 0 heterocycles. The molecule has 3 N–H and O–H groups in total. The van der Waals surface area contributed by atoms with Crippen molar-refractivity contribution < 1.29 is 31.1 Å². The number of hydrogen-bond donors (Lipinski definition) is 2. The average molecular weight is 310 g/mol. The summed E-state index contributed by atoms with van der Waals surface area (Å²) in [6, 6.07) is -0.961. The van der Waals surface area contributed by atoms with E-state index >= 15 is 0 Å². The zero-order valence-electron chi connectivity index (χ0n) is 9.73.